The van der Waals surface area contributed by atoms with Crippen molar-refractivity contribution in [1.82, 2.24) is 15.1 Å². The minimum atomic E-state index is -0.265. The van der Waals surface area contributed by atoms with Gasteiger partial charge in [-0.2, -0.15) is 0 Å². The normalized spacial score (nSPS) is 19.0. The van der Waals surface area contributed by atoms with E-state index >= 15 is 0 Å². The molecule has 1 aromatic heterocycles. The lowest BCUT2D eigenvalue weighted by molar-refractivity contribution is -0.127. The van der Waals surface area contributed by atoms with Gasteiger partial charge >= 0.3 is 0 Å². The van der Waals surface area contributed by atoms with Crippen molar-refractivity contribution >= 4 is 47.2 Å². The van der Waals surface area contributed by atoms with Crippen LogP contribution in [0.5, 0.6) is 0 Å². The third-order valence-corrected chi connectivity index (χ3v) is 5.84. The van der Waals surface area contributed by atoms with Crippen molar-refractivity contribution in [2.45, 2.75) is 25.6 Å². The summed E-state index contributed by atoms with van der Waals surface area (Å²) in [7, 11) is 3.45. The van der Waals surface area contributed by atoms with Crippen molar-refractivity contribution in [3.05, 3.63) is 58.0 Å². The van der Waals surface area contributed by atoms with Gasteiger partial charge in [0.1, 0.15) is 18.5 Å². The summed E-state index contributed by atoms with van der Waals surface area (Å²) in [4.78, 5) is 21.6. The van der Waals surface area contributed by atoms with Gasteiger partial charge in [0.2, 0.25) is 5.91 Å². The molecular weight excluding hydrogens is 530 g/mol. The number of morpholine rings is 1. The zero-order chi connectivity index (χ0) is 21.5. The molecule has 2 heterocycles. The predicted octanol–water partition coefficient (Wildman–Crippen LogP) is 3.54. The van der Waals surface area contributed by atoms with Gasteiger partial charge in [0.05, 0.1) is 12.6 Å². The maximum Gasteiger partial charge on any atom is 0.243 e. The minimum Gasteiger partial charge on any atom is -0.367 e. The highest BCUT2D eigenvalue weighted by atomic mass is 127. The maximum absolute atomic E-state index is 13.3. The number of carbonyl (C=O) groups excluding carboxylic acids is 1. The summed E-state index contributed by atoms with van der Waals surface area (Å²) in [5.41, 5.74) is 0.926. The van der Waals surface area contributed by atoms with Gasteiger partial charge in [-0.25, -0.2) is 9.38 Å². The number of halogens is 2. The first-order valence-corrected chi connectivity index (χ1v) is 11.0. The SMILES string of the molecule is CC1CN(C(=NCC(=O)N(C)C)NCCc2cccs2)CC(c2ccc(F)cc2)O1.I. The highest BCUT2D eigenvalue weighted by Crippen LogP contribution is 2.25. The molecule has 1 amide bonds. The maximum atomic E-state index is 13.3. The topological polar surface area (TPSA) is 57.2 Å². The van der Waals surface area contributed by atoms with E-state index in [0.29, 0.717) is 19.0 Å². The van der Waals surface area contributed by atoms with Gasteiger partial charge in [-0.15, -0.1) is 35.3 Å². The molecule has 0 saturated carbocycles. The molecule has 0 spiro atoms. The second-order valence-electron chi connectivity index (χ2n) is 7.58. The average Bonchev–Trinajstić information content (AvgIpc) is 3.23. The molecule has 0 bridgehead atoms. The van der Waals surface area contributed by atoms with E-state index in [2.05, 4.69) is 26.7 Å². The van der Waals surface area contributed by atoms with Gasteiger partial charge in [0.25, 0.3) is 0 Å². The fraction of sp³-hybridized carbons (Fsp3) is 0.455. The number of aliphatic imine (C=N–C) groups is 1. The lowest BCUT2D eigenvalue weighted by atomic mass is 10.1. The average molecular weight is 560 g/mol. The Bertz CT molecular complexity index is 846. The van der Waals surface area contributed by atoms with Gasteiger partial charge < -0.3 is 19.9 Å². The van der Waals surface area contributed by atoms with Crippen LogP contribution in [0.2, 0.25) is 0 Å². The number of rotatable bonds is 6. The number of amides is 1. The molecule has 3 rings (SSSR count). The Kier molecular flexibility index (Phi) is 10.2. The Balaban J connectivity index is 0.00000341. The van der Waals surface area contributed by atoms with E-state index in [0.717, 1.165) is 18.5 Å². The molecule has 2 unspecified atom stereocenters. The van der Waals surface area contributed by atoms with Crippen molar-refractivity contribution in [3.63, 3.8) is 0 Å². The van der Waals surface area contributed by atoms with Crippen molar-refractivity contribution in [2.24, 2.45) is 4.99 Å². The fourth-order valence-electron chi connectivity index (χ4n) is 3.29. The Morgan fingerprint density at radius 1 is 1.29 bits per heavy atom. The Hall–Kier alpha value is -1.72. The third-order valence-electron chi connectivity index (χ3n) is 4.90. The number of nitrogens with zero attached hydrogens (tertiary/aromatic N) is 3. The standard InChI is InChI=1S/C22H29FN4O2S.HI/c1-16-14-27(15-20(29-16)17-6-8-18(23)9-7-17)22(25-13-21(28)26(2)3)24-11-10-19-5-4-12-30-19;/h4-9,12,16,20H,10-11,13-15H2,1-3H3,(H,24,25);1H. The summed E-state index contributed by atoms with van der Waals surface area (Å²) in [6.07, 6.45) is 0.672. The molecule has 1 aliphatic heterocycles. The molecule has 1 aliphatic rings. The number of hydrogen-bond donors (Lipinski definition) is 1. The van der Waals surface area contributed by atoms with Gasteiger partial charge in [-0.05, 0) is 42.5 Å². The molecule has 1 N–H and O–H groups in total. The molecule has 6 nitrogen and oxygen atoms in total. The summed E-state index contributed by atoms with van der Waals surface area (Å²) < 4.78 is 19.4. The summed E-state index contributed by atoms with van der Waals surface area (Å²) in [6.45, 7) is 4.07. The second-order valence-corrected chi connectivity index (χ2v) is 8.61. The van der Waals surface area contributed by atoms with Crippen molar-refractivity contribution in [2.75, 3.05) is 40.3 Å². The van der Waals surface area contributed by atoms with Crippen LogP contribution in [0.25, 0.3) is 0 Å². The Labute approximate surface area is 204 Å². The predicted molar refractivity (Wildman–Crippen MR) is 134 cm³/mol. The van der Waals surface area contributed by atoms with E-state index in [9.17, 15) is 9.18 Å². The number of hydrogen-bond acceptors (Lipinski definition) is 4. The summed E-state index contributed by atoms with van der Waals surface area (Å²) in [5, 5.41) is 5.49. The molecule has 1 aromatic carbocycles. The minimum absolute atomic E-state index is 0. The molecule has 0 radical (unpaired) electrons. The molecule has 31 heavy (non-hydrogen) atoms. The quantitative estimate of drug-likeness (QED) is 0.334. The molecule has 0 aliphatic carbocycles. The number of ether oxygens (including phenoxy) is 1. The van der Waals surface area contributed by atoms with Crippen LogP contribution in [-0.4, -0.2) is 68.0 Å². The van der Waals surface area contributed by atoms with E-state index in [4.69, 9.17) is 4.74 Å². The number of carbonyl (C=O) groups is 1. The number of guanidine groups is 1. The molecule has 1 fully saturated rings. The first-order valence-electron chi connectivity index (χ1n) is 10.1. The Morgan fingerprint density at radius 2 is 2.03 bits per heavy atom. The van der Waals surface area contributed by atoms with Crippen molar-refractivity contribution in [1.29, 1.82) is 0 Å². The lowest BCUT2D eigenvalue weighted by Crippen LogP contribution is -2.51. The first kappa shape index (κ1) is 25.5. The number of likely N-dealkylation sites (N-methyl/N-ethyl adjacent to an activating group) is 1. The highest BCUT2D eigenvalue weighted by molar-refractivity contribution is 14.0. The number of benzene rings is 1. The summed E-state index contributed by atoms with van der Waals surface area (Å²) in [6, 6.07) is 10.6. The van der Waals surface area contributed by atoms with E-state index in [1.54, 1.807) is 37.6 Å². The second kappa shape index (κ2) is 12.4. The van der Waals surface area contributed by atoms with E-state index in [-0.39, 0.29) is 54.5 Å². The van der Waals surface area contributed by atoms with E-state index in [1.807, 2.05) is 13.0 Å². The smallest absolute Gasteiger partial charge is 0.243 e. The molecule has 9 heteroatoms. The van der Waals surface area contributed by atoms with Gasteiger partial charge in [-0.3, -0.25) is 4.79 Å². The van der Waals surface area contributed by atoms with Crippen LogP contribution >= 0.6 is 35.3 Å². The van der Waals surface area contributed by atoms with E-state index in [1.165, 1.54) is 21.9 Å². The van der Waals surface area contributed by atoms with Gasteiger partial charge in [-0.1, -0.05) is 18.2 Å². The summed E-state index contributed by atoms with van der Waals surface area (Å²) in [5.74, 6) is 0.382. The fourth-order valence-corrected chi connectivity index (χ4v) is 4.00. The van der Waals surface area contributed by atoms with Crippen LogP contribution in [0, 0.1) is 5.82 Å². The van der Waals surface area contributed by atoms with Gasteiger partial charge in [0, 0.05) is 32.1 Å². The monoisotopic (exact) mass is 560 g/mol. The van der Waals surface area contributed by atoms with Crippen LogP contribution in [0.15, 0.2) is 46.8 Å². The van der Waals surface area contributed by atoms with Crippen molar-refractivity contribution < 1.29 is 13.9 Å². The van der Waals surface area contributed by atoms with Crippen LogP contribution < -0.4 is 5.32 Å². The van der Waals surface area contributed by atoms with E-state index < -0.39 is 0 Å². The van der Waals surface area contributed by atoms with Crippen LogP contribution in [0.4, 0.5) is 4.39 Å². The number of thiophene rings is 1. The van der Waals surface area contributed by atoms with Crippen molar-refractivity contribution in [3.8, 4) is 0 Å². The largest absolute Gasteiger partial charge is 0.367 e. The first-order chi connectivity index (χ1) is 14.4. The highest BCUT2D eigenvalue weighted by Gasteiger charge is 2.28. The third kappa shape index (κ3) is 7.73. The van der Waals surface area contributed by atoms with Crippen LogP contribution in [0.1, 0.15) is 23.5 Å². The van der Waals surface area contributed by atoms with Crippen LogP contribution in [0.3, 0.4) is 0 Å². The van der Waals surface area contributed by atoms with Gasteiger partial charge in [0.15, 0.2) is 5.96 Å². The lowest BCUT2D eigenvalue weighted by Gasteiger charge is -2.39. The number of nitrogens with one attached hydrogen (secondary N) is 1. The molecule has 1 saturated heterocycles. The summed E-state index contributed by atoms with van der Waals surface area (Å²) >= 11 is 1.73. The molecular formula is C22H30FIN4O2S. The Morgan fingerprint density at radius 3 is 2.68 bits per heavy atom. The molecule has 170 valence electrons. The van der Waals surface area contributed by atoms with Crippen LogP contribution in [-0.2, 0) is 16.0 Å². The zero-order valence-electron chi connectivity index (χ0n) is 18.1. The molecule has 2 aromatic rings. The zero-order valence-corrected chi connectivity index (χ0v) is 21.2. The molecule has 2 atom stereocenters.